The summed E-state index contributed by atoms with van der Waals surface area (Å²) < 4.78 is 1.68. The predicted molar refractivity (Wildman–Crippen MR) is 71.8 cm³/mol. The summed E-state index contributed by atoms with van der Waals surface area (Å²) in [5.74, 6) is -0.213. The number of nitrogens with zero attached hydrogens (tertiary/aromatic N) is 3. The molecule has 1 amide bonds. The number of amides is 1. The lowest BCUT2D eigenvalue weighted by Gasteiger charge is -2.03. The van der Waals surface area contributed by atoms with E-state index in [0.717, 1.165) is 11.3 Å². The minimum absolute atomic E-state index is 0.213. The molecule has 2 heterocycles. The molecule has 3 aromatic rings. The van der Waals surface area contributed by atoms with Crippen molar-refractivity contribution >= 4 is 11.6 Å². The number of fused-ring (bicyclic) bond motifs is 1. The Bertz CT molecular complexity index is 734. The zero-order valence-corrected chi connectivity index (χ0v) is 10.4. The first kappa shape index (κ1) is 11.4. The van der Waals surface area contributed by atoms with Gasteiger partial charge in [-0.2, -0.15) is 5.10 Å². The Morgan fingerprint density at radius 1 is 1.16 bits per heavy atom. The van der Waals surface area contributed by atoms with E-state index in [2.05, 4.69) is 15.4 Å². The van der Waals surface area contributed by atoms with Crippen molar-refractivity contribution in [3.05, 3.63) is 54.4 Å². The van der Waals surface area contributed by atoms with Gasteiger partial charge in [-0.3, -0.25) is 4.79 Å². The summed E-state index contributed by atoms with van der Waals surface area (Å²) in [6.07, 6.45) is 1.76. The molecule has 0 saturated heterocycles. The predicted octanol–water partition coefficient (Wildman–Crippen LogP) is 1.76. The lowest BCUT2D eigenvalue weighted by molar-refractivity contribution is 0.0957. The number of imidazole rings is 1. The Balaban J connectivity index is 2.19. The van der Waals surface area contributed by atoms with E-state index in [4.69, 9.17) is 0 Å². The Hall–Kier alpha value is -2.69. The molecule has 0 aliphatic heterocycles. The maximum atomic E-state index is 11.6. The van der Waals surface area contributed by atoms with Gasteiger partial charge in [0.1, 0.15) is 5.69 Å². The minimum atomic E-state index is -0.213. The first-order chi connectivity index (χ1) is 9.29. The van der Waals surface area contributed by atoms with E-state index in [-0.39, 0.29) is 5.91 Å². The second-order valence-corrected chi connectivity index (χ2v) is 4.08. The maximum Gasteiger partial charge on any atom is 0.271 e. The van der Waals surface area contributed by atoms with Crippen LogP contribution < -0.4 is 5.32 Å². The topological polar surface area (TPSA) is 59.3 Å². The van der Waals surface area contributed by atoms with Crippen molar-refractivity contribution in [2.45, 2.75) is 0 Å². The molecule has 0 bridgehead atoms. The Labute approximate surface area is 109 Å². The Kier molecular flexibility index (Phi) is 2.72. The molecular weight excluding hydrogens is 240 g/mol. The average Bonchev–Trinajstić information content (AvgIpc) is 2.90. The number of nitrogens with one attached hydrogen (secondary N) is 1. The van der Waals surface area contributed by atoms with E-state index >= 15 is 0 Å². The number of carbonyl (C=O) groups excluding carboxylic acids is 1. The third kappa shape index (κ3) is 1.95. The summed E-state index contributed by atoms with van der Waals surface area (Å²) in [6, 6.07) is 13.3. The molecule has 1 aromatic carbocycles. The van der Waals surface area contributed by atoms with Crippen LogP contribution >= 0.6 is 0 Å². The van der Waals surface area contributed by atoms with Gasteiger partial charge in [0.05, 0.1) is 11.9 Å². The van der Waals surface area contributed by atoms with Crippen molar-refractivity contribution < 1.29 is 4.79 Å². The van der Waals surface area contributed by atoms with Gasteiger partial charge >= 0.3 is 0 Å². The summed E-state index contributed by atoms with van der Waals surface area (Å²) in [5, 5.41) is 6.89. The zero-order valence-electron chi connectivity index (χ0n) is 10.4. The van der Waals surface area contributed by atoms with Crippen LogP contribution in [0.5, 0.6) is 0 Å². The molecular formula is C14H12N4O. The summed E-state index contributed by atoms with van der Waals surface area (Å²) in [4.78, 5) is 15.9. The van der Waals surface area contributed by atoms with Crippen LogP contribution in [0.1, 0.15) is 10.5 Å². The molecule has 2 aromatic heterocycles. The van der Waals surface area contributed by atoms with Crippen LogP contribution in [0.3, 0.4) is 0 Å². The van der Waals surface area contributed by atoms with Gasteiger partial charge in [-0.1, -0.05) is 30.3 Å². The summed E-state index contributed by atoms with van der Waals surface area (Å²) in [5.41, 5.74) is 2.95. The summed E-state index contributed by atoms with van der Waals surface area (Å²) in [7, 11) is 1.58. The first-order valence-electron chi connectivity index (χ1n) is 5.92. The van der Waals surface area contributed by atoms with Crippen molar-refractivity contribution in [1.29, 1.82) is 0 Å². The molecule has 3 rings (SSSR count). The van der Waals surface area contributed by atoms with Crippen LogP contribution in [-0.4, -0.2) is 27.6 Å². The van der Waals surface area contributed by atoms with Crippen LogP contribution in [0.2, 0.25) is 0 Å². The molecule has 5 heteroatoms. The molecule has 0 radical (unpaired) electrons. The van der Waals surface area contributed by atoms with E-state index in [1.807, 2.05) is 30.3 Å². The lowest BCUT2D eigenvalue weighted by atomic mass is 10.2. The SMILES string of the molecule is CNC(=O)c1ccc2ncc(-c3ccccc3)n2n1. The summed E-state index contributed by atoms with van der Waals surface area (Å²) in [6.45, 7) is 0. The van der Waals surface area contributed by atoms with E-state index in [9.17, 15) is 4.79 Å². The molecule has 0 atom stereocenters. The quantitative estimate of drug-likeness (QED) is 0.756. The van der Waals surface area contributed by atoms with Crippen LogP contribution in [0.15, 0.2) is 48.7 Å². The third-order valence-electron chi connectivity index (χ3n) is 2.89. The number of benzene rings is 1. The van der Waals surface area contributed by atoms with Crippen LogP contribution in [0.4, 0.5) is 0 Å². The highest BCUT2D eigenvalue weighted by atomic mass is 16.1. The fourth-order valence-corrected chi connectivity index (χ4v) is 1.93. The van der Waals surface area contributed by atoms with Crippen LogP contribution in [0.25, 0.3) is 16.9 Å². The van der Waals surface area contributed by atoms with Crippen molar-refractivity contribution in [1.82, 2.24) is 19.9 Å². The monoisotopic (exact) mass is 252 g/mol. The fourth-order valence-electron chi connectivity index (χ4n) is 1.93. The van der Waals surface area contributed by atoms with Gasteiger partial charge in [-0.25, -0.2) is 9.50 Å². The molecule has 5 nitrogen and oxygen atoms in total. The molecule has 0 unspecified atom stereocenters. The largest absolute Gasteiger partial charge is 0.354 e. The molecule has 0 saturated carbocycles. The van der Waals surface area contributed by atoms with E-state index < -0.39 is 0 Å². The Morgan fingerprint density at radius 3 is 2.68 bits per heavy atom. The van der Waals surface area contributed by atoms with E-state index in [1.165, 1.54) is 0 Å². The van der Waals surface area contributed by atoms with Gasteiger partial charge in [0.2, 0.25) is 0 Å². The Morgan fingerprint density at radius 2 is 1.95 bits per heavy atom. The molecule has 19 heavy (non-hydrogen) atoms. The highest BCUT2D eigenvalue weighted by Crippen LogP contribution is 2.19. The molecule has 94 valence electrons. The van der Waals surface area contributed by atoms with Gasteiger partial charge in [0.15, 0.2) is 5.65 Å². The molecule has 0 fully saturated rings. The normalized spacial score (nSPS) is 10.6. The number of hydrogen-bond acceptors (Lipinski definition) is 3. The van der Waals surface area contributed by atoms with Crippen LogP contribution in [-0.2, 0) is 0 Å². The van der Waals surface area contributed by atoms with Crippen LogP contribution in [0, 0.1) is 0 Å². The van der Waals surface area contributed by atoms with Crippen molar-refractivity contribution in [2.75, 3.05) is 7.05 Å². The highest BCUT2D eigenvalue weighted by molar-refractivity contribution is 5.92. The second-order valence-electron chi connectivity index (χ2n) is 4.08. The third-order valence-corrected chi connectivity index (χ3v) is 2.89. The molecule has 0 aliphatic rings. The van der Waals surface area contributed by atoms with E-state index in [1.54, 1.807) is 29.9 Å². The second kappa shape index (κ2) is 4.53. The van der Waals surface area contributed by atoms with Gasteiger partial charge in [0, 0.05) is 12.6 Å². The smallest absolute Gasteiger partial charge is 0.271 e. The van der Waals surface area contributed by atoms with Crippen molar-refractivity contribution in [3.63, 3.8) is 0 Å². The maximum absolute atomic E-state index is 11.6. The first-order valence-corrected chi connectivity index (χ1v) is 5.92. The summed E-state index contributed by atoms with van der Waals surface area (Å²) >= 11 is 0. The number of rotatable bonds is 2. The molecule has 0 spiro atoms. The average molecular weight is 252 g/mol. The number of carbonyl (C=O) groups is 1. The fraction of sp³-hybridized carbons (Fsp3) is 0.0714. The van der Waals surface area contributed by atoms with Crippen molar-refractivity contribution in [2.24, 2.45) is 0 Å². The zero-order chi connectivity index (χ0) is 13.2. The van der Waals surface area contributed by atoms with Gasteiger partial charge in [-0.05, 0) is 12.1 Å². The van der Waals surface area contributed by atoms with Crippen molar-refractivity contribution in [3.8, 4) is 11.3 Å². The van der Waals surface area contributed by atoms with Gasteiger partial charge in [0.25, 0.3) is 5.91 Å². The molecule has 1 N–H and O–H groups in total. The van der Waals surface area contributed by atoms with E-state index in [0.29, 0.717) is 11.3 Å². The lowest BCUT2D eigenvalue weighted by Crippen LogP contribution is -2.20. The van der Waals surface area contributed by atoms with Gasteiger partial charge in [-0.15, -0.1) is 0 Å². The minimum Gasteiger partial charge on any atom is -0.354 e. The standard InChI is InChI=1S/C14H12N4O/c1-15-14(19)11-7-8-13-16-9-12(18(13)17-11)10-5-3-2-4-6-10/h2-9H,1H3,(H,15,19). The van der Waals surface area contributed by atoms with Gasteiger partial charge < -0.3 is 5.32 Å². The molecule has 0 aliphatic carbocycles. The highest BCUT2D eigenvalue weighted by Gasteiger charge is 2.10. The number of aromatic nitrogens is 3. The number of hydrogen-bond donors (Lipinski definition) is 1.